The van der Waals surface area contributed by atoms with Crippen LogP contribution in [0.1, 0.15) is 19.3 Å². The fraction of sp³-hybridized carbons (Fsp3) is 0.600. The van der Waals surface area contributed by atoms with Crippen molar-refractivity contribution < 1.29 is 24.3 Å². The highest BCUT2D eigenvalue weighted by Crippen LogP contribution is 2.25. The second-order valence-electron chi connectivity index (χ2n) is 4.44. The number of carboxylic acids is 1. The Morgan fingerprint density at radius 2 is 1.89 bits per heavy atom. The van der Waals surface area contributed by atoms with Crippen molar-refractivity contribution in [3.05, 3.63) is 0 Å². The highest BCUT2D eigenvalue weighted by Gasteiger charge is 2.48. The largest absolute Gasteiger partial charge is 0.481 e. The molecule has 0 unspecified atom stereocenters. The van der Waals surface area contributed by atoms with E-state index in [1.54, 1.807) is 0 Å². The van der Waals surface area contributed by atoms with E-state index in [1.165, 1.54) is 4.90 Å². The third kappa shape index (κ3) is 2.13. The zero-order valence-corrected chi connectivity index (χ0v) is 9.56. The maximum Gasteiger partial charge on any atom is 0.322 e. The molecule has 0 aromatic heterocycles. The lowest BCUT2D eigenvalue weighted by atomic mass is 9.87. The van der Waals surface area contributed by atoms with E-state index < -0.39 is 29.9 Å². The van der Waals surface area contributed by atoms with E-state index in [1.807, 2.05) is 0 Å². The number of nitrogens with zero attached hydrogens (tertiary/aromatic N) is 1. The number of rotatable bonds is 2. The van der Waals surface area contributed by atoms with Crippen molar-refractivity contribution in [3.63, 3.8) is 0 Å². The number of hydrogen-bond acceptors (Lipinski definition) is 4. The first kappa shape index (κ1) is 12.3. The van der Waals surface area contributed by atoms with Crippen LogP contribution in [0.2, 0.25) is 0 Å². The second kappa shape index (κ2) is 4.28. The number of carbonyl (C=O) groups excluding carboxylic acids is 3. The monoisotopic (exact) mass is 255 g/mol. The van der Waals surface area contributed by atoms with Crippen LogP contribution in [0.15, 0.2) is 0 Å². The lowest BCUT2D eigenvalue weighted by Gasteiger charge is -2.36. The highest BCUT2D eigenvalue weighted by molar-refractivity contribution is 6.07. The Labute approximate surface area is 102 Å². The van der Waals surface area contributed by atoms with Crippen molar-refractivity contribution >= 4 is 23.8 Å². The normalized spacial score (nSPS) is 21.7. The van der Waals surface area contributed by atoms with Gasteiger partial charge in [-0.25, -0.2) is 4.79 Å². The third-order valence-electron chi connectivity index (χ3n) is 3.29. The van der Waals surface area contributed by atoms with Gasteiger partial charge in [-0.3, -0.25) is 19.7 Å². The summed E-state index contributed by atoms with van der Waals surface area (Å²) in [5.41, 5.74) is -0.933. The van der Waals surface area contributed by atoms with E-state index in [0.29, 0.717) is 12.8 Å². The molecular weight excluding hydrogens is 242 g/mol. The molecule has 2 fully saturated rings. The summed E-state index contributed by atoms with van der Waals surface area (Å²) in [6.45, 7) is 0.527. The van der Waals surface area contributed by atoms with Gasteiger partial charge in [0.25, 0.3) is 5.91 Å². The molecule has 0 bridgehead atoms. The molecule has 0 aromatic carbocycles. The highest BCUT2D eigenvalue weighted by atomic mass is 16.4. The third-order valence-corrected chi connectivity index (χ3v) is 3.29. The van der Waals surface area contributed by atoms with Gasteiger partial charge in [0.05, 0.1) is 0 Å². The minimum Gasteiger partial charge on any atom is -0.481 e. The number of likely N-dealkylation sites (tertiary alicyclic amines) is 1. The molecular formula is C10H13N3O5. The van der Waals surface area contributed by atoms with Crippen LogP contribution in [0.4, 0.5) is 4.79 Å². The first-order chi connectivity index (χ1) is 8.43. The number of piperidine rings is 1. The number of amides is 4. The van der Waals surface area contributed by atoms with Crippen molar-refractivity contribution in [2.24, 2.45) is 0 Å². The molecule has 2 rings (SSSR count). The minimum absolute atomic E-state index is 0.264. The van der Waals surface area contributed by atoms with Gasteiger partial charge in [-0.2, -0.15) is 0 Å². The molecule has 2 heterocycles. The summed E-state index contributed by atoms with van der Waals surface area (Å²) in [6.07, 6.45) is 0.0530. The first-order valence-corrected chi connectivity index (χ1v) is 5.56. The van der Waals surface area contributed by atoms with Crippen LogP contribution < -0.4 is 10.6 Å². The molecule has 0 radical (unpaired) electrons. The first-order valence-electron chi connectivity index (χ1n) is 5.56. The number of carboxylic acid groups (broad SMARTS) is 1. The molecule has 4 amide bonds. The van der Waals surface area contributed by atoms with Crippen LogP contribution >= 0.6 is 0 Å². The predicted molar refractivity (Wildman–Crippen MR) is 57.5 cm³/mol. The van der Waals surface area contributed by atoms with Crippen LogP contribution in [0.5, 0.6) is 0 Å². The van der Waals surface area contributed by atoms with E-state index >= 15 is 0 Å². The topological polar surface area (TPSA) is 116 Å². The fourth-order valence-electron chi connectivity index (χ4n) is 2.26. The second-order valence-corrected chi connectivity index (χ2v) is 4.44. The van der Waals surface area contributed by atoms with Crippen molar-refractivity contribution in [2.75, 3.05) is 13.1 Å². The van der Waals surface area contributed by atoms with Crippen molar-refractivity contribution in [1.29, 1.82) is 0 Å². The molecule has 18 heavy (non-hydrogen) atoms. The van der Waals surface area contributed by atoms with E-state index in [-0.39, 0.29) is 19.0 Å². The number of nitrogens with one attached hydrogen (secondary N) is 2. The summed E-state index contributed by atoms with van der Waals surface area (Å²) in [7, 11) is 0. The Kier molecular flexibility index (Phi) is 2.93. The Morgan fingerprint density at radius 1 is 1.28 bits per heavy atom. The molecule has 8 heteroatoms. The number of hydrogen-bond donors (Lipinski definition) is 3. The van der Waals surface area contributed by atoms with Gasteiger partial charge in [0.2, 0.25) is 5.91 Å². The van der Waals surface area contributed by atoms with Crippen LogP contribution in [0.25, 0.3) is 0 Å². The summed E-state index contributed by atoms with van der Waals surface area (Å²) < 4.78 is 0. The summed E-state index contributed by atoms with van der Waals surface area (Å²) in [4.78, 5) is 46.1. The summed E-state index contributed by atoms with van der Waals surface area (Å²) in [6, 6.07) is -0.523. The SMILES string of the molecule is O=C(O)CC(=O)N1CCC2(CC1)NC(=O)NC2=O. The van der Waals surface area contributed by atoms with Gasteiger partial charge in [0.1, 0.15) is 12.0 Å². The van der Waals surface area contributed by atoms with Gasteiger partial charge in [-0.15, -0.1) is 0 Å². The zero-order chi connectivity index (χ0) is 13.3. The van der Waals surface area contributed by atoms with Gasteiger partial charge in [0.15, 0.2) is 0 Å². The number of urea groups is 1. The van der Waals surface area contributed by atoms with Crippen LogP contribution in [0.3, 0.4) is 0 Å². The van der Waals surface area contributed by atoms with Crippen LogP contribution in [0, 0.1) is 0 Å². The molecule has 8 nitrogen and oxygen atoms in total. The number of carbonyl (C=O) groups is 4. The van der Waals surface area contributed by atoms with Crippen molar-refractivity contribution in [2.45, 2.75) is 24.8 Å². The molecule has 0 aromatic rings. The van der Waals surface area contributed by atoms with Gasteiger partial charge in [0, 0.05) is 13.1 Å². The van der Waals surface area contributed by atoms with Crippen molar-refractivity contribution in [3.8, 4) is 0 Å². The molecule has 3 N–H and O–H groups in total. The molecule has 1 spiro atoms. The molecule has 0 atom stereocenters. The van der Waals surface area contributed by atoms with Crippen LogP contribution in [-0.4, -0.2) is 52.4 Å². The van der Waals surface area contributed by atoms with Gasteiger partial charge in [-0.05, 0) is 12.8 Å². The Hall–Kier alpha value is -2.12. The zero-order valence-electron chi connectivity index (χ0n) is 9.56. The quantitative estimate of drug-likeness (QED) is 0.417. The van der Waals surface area contributed by atoms with Crippen molar-refractivity contribution in [1.82, 2.24) is 15.5 Å². The summed E-state index contributed by atoms with van der Waals surface area (Å²) in [5.74, 6) is -2.02. The van der Waals surface area contributed by atoms with E-state index in [9.17, 15) is 19.2 Å². The van der Waals surface area contributed by atoms with Crippen LogP contribution in [-0.2, 0) is 14.4 Å². The lowest BCUT2D eigenvalue weighted by molar-refractivity contribution is -0.145. The predicted octanol–water partition coefficient (Wildman–Crippen LogP) is -1.34. The summed E-state index contributed by atoms with van der Waals surface area (Å²) in [5, 5.41) is 13.3. The Bertz CT molecular complexity index is 425. The van der Waals surface area contributed by atoms with Gasteiger partial charge in [-0.1, -0.05) is 0 Å². The van der Waals surface area contributed by atoms with Gasteiger partial charge < -0.3 is 15.3 Å². The average Bonchev–Trinajstić information content (AvgIpc) is 2.53. The number of aliphatic carboxylic acids is 1. The molecule has 0 saturated carbocycles. The molecule has 2 aliphatic rings. The molecule has 98 valence electrons. The van der Waals surface area contributed by atoms with E-state index in [4.69, 9.17) is 5.11 Å². The standard InChI is InChI=1S/C10H13N3O5/c14-6(5-7(15)16)13-3-1-10(2-4-13)8(17)11-9(18)12-10/h1-5H2,(H,15,16)(H2,11,12,17,18). The molecule has 0 aliphatic carbocycles. The number of imide groups is 1. The Balaban J connectivity index is 1.96. The minimum atomic E-state index is -1.17. The van der Waals surface area contributed by atoms with E-state index in [0.717, 1.165) is 0 Å². The van der Waals surface area contributed by atoms with E-state index in [2.05, 4.69) is 10.6 Å². The van der Waals surface area contributed by atoms with Gasteiger partial charge >= 0.3 is 12.0 Å². The fourth-order valence-corrected chi connectivity index (χ4v) is 2.26. The maximum atomic E-state index is 11.6. The Morgan fingerprint density at radius 3 is 2.33 bits per heavy atom. The lowest BCUT2D eigenvalue weighted by Crippen LogP contribution is -2.55. The maximum absolute atomic E-state index is 11.6. The molecule has 2 aliphatic heterocycles. The molecule has 2 saturated heterocycles. The smallest absolute Gasteiger partial charge is 0.322 e. The summed E-state index contributed by atoms with van der Waals surface area (Å²) >= 11 is 0. The average molecular weight is 255 g/mol.